The molecule has 108 valence electrons. The van der Waals surface area contributed by atoms with Crippen LogP contribution in [0.3, 0.4) is 0 Å². The molecule has 3 nitrogen and oxygen atoms in total. The van der Waals surface area contributed by atoms with Gasteiger partial charge in [0.05, 0.1) is 7.11 Å². The van der Waals surface area contributed by atoms with Crippen LogP contribution in [0, 0.1) is 0 Å². The number of halogens is 3. The number of ether oxygens (including phenoxy) is 2. The first-order valence-electron chi connectivity index (χ1n) is 5.99. The second-order valence-corrected chi connectivity index (χ2v) is 4.05. The molecule has 0 unspecified atom stereocenters. The van der Waals surface area contributed by atoms with Crippen LogP contribution in [0.2, 0.25) is 0 Å². The van der Waals surface area contributed by atoms with Gasteiger partial charge in [-0.3, -0.25) is 0 Å². The summed E-state index contributed by atoms with van der Waals surface area (Å²) in [7, 11) is 1.60. The highest BCUT2D eigenvalue weighted by atomic mass is 19.4. The minimum Gasteiger partial charge on any atom is -0.497 e. The molecule has 6 heteroatoms. The van der Waals surface area contributed by atoms with Crippen LogP contribution in [0.1, 0.15) is 12.0 Å². The summed E-state index contributed by atoms with van der Waals surface area (Å²) in [4.78, 5) is 0. The molecule has 1 aromatic carbocycles. The molecule has 0 bridgehead atoms. The maximum Gasteiger partial charge on any atom is 0.411 e. The van der Waals surface area contributed by atoms with Crippen molar-refractivity contribution in [2.45, 2.75) is 19.1 Å². The molecule has 0 aromatic heterocycles. The number of alkyl halides is 3. The fourth-order valence-corrected chi connectivity index (χ4v) is 1.50. The molecule has 0 saturated carbocycles. The van der Waals surface area contributed by atoms with Crippen LogP contribution in [0.4, 0.5) is 13.2 Å². The molecule has 0 fully saturated rings. The second kappa shape index (κ2) is 8.01. The molecule has 0 aliphatic heterocycles. The summed E-state index contributed by atoms with van der Waals surface area (Å²) in [5, 5.41) is 3.13. The van der Waals surface area contributed by atoms with Crippen LogP contribution in [0.5, 0.6) is 5.75 Å². The largest absolute Gasteiger partial charge is 0.497 e. The smallest absolute Gasteiger partial charge is 0.411 e. The van der Waals surface area contributed by atoms with Crippen LogP contribution in [0.15, 0.2) is 24.3 Å². The van der Waals surface area contributed by atoms with Crippen molar-refractivity contribution >= 4 is 0 Å². The van der Waals surface area contributed by atoms with Crippen molar-refractivity contribution in [3.8, 4) is 5.75 Å². The Kier molecular flexibility index (Phi) is 6.66. The Bertz CT molecular complexity index is 369. The molecular weight excluding hydrogens is 259 g/mol. The van der Waals surface area contributed by atoms with E-state index in [4.69, 9.17) is 4.74 Å². The maximum atomic E-state index is 11.8. The molecule has 0 radical (unpaired) electrons. The van der Waals surface area contributed by atoms with Gasteiger partial charge in [0, 0.05) is 13.2 Å². The number of rotatable bonds is 8. The SMILES string of the molecule is COc1cccc(CNCCCOCC(F)(F)F)c1. The summed E-state index contributed by atoms with van der Waals surface area (Å²) in [5.41, 5.74) is 1.07. The van der Waals surface area contributed by atoms with Crippen LogP contribution in [-0.2, 0) is 11.3 Å². The highest BCUT2D eigenvalue weighted by Gasteiger charge is 2.27. The van der Waals surface area contributed by atoms with Crippen molar-refractivity contribution in [3.05, 3.63) is 29.8 Å². The van der Waals surface area contributed by atoms with Crippen molar-refractivity contribution < 1.29 is 22.6 Å². The first-order chi connectivity index (χ1) is 9.01. The van der Waals surface area contributed by atoms with Crippen molar-refractivity contribution in [1.82, 2.24) is 5.32 Å². The normalized spacial score (nSPS) is 11.6. The average molecular weight is 277 g/mol. The van der Waals surface area contributed by atoms with E-state index in [0.29, 0.717) is 19.5 Å². The maximum absolute atomic E-state index is 11.8. The molecule has 0 aliphatic carbocycles. The lowest BCUT2D eigenvalue weighted by Crippen LogP contribution is -2.20. The monoisotopic (exact) mass is 277 g/mol. The van der Waals surface area contributed by atoms with Crippen LogP contribution in [-0.4, -0.2) is 33.0 Å². The molecule has 0 spiro atoms. The lowest BCUT2D eigenvalue weighted by molar-refractivity contribution is -0.173. The second-order valence-electron chi connectivity index (χ2n) is 4.05. The summed E-state index contributed by atoms with van der Waals surface area (Å²) in [6, 6.07) is 7.61. The van der Waals surface area contributed by atoms with Gasteiger partial charge in [-0.05, 0) is 30.7 Å². The van der Waals surface area contributed by atoms with Crippen molar-refractivity contribution in [3.63, 3.8) is 0 Å². The average Bonchev–Trinajstić information content (AvgIpc) is 2.36. The van der Waals surface area contributed by atoms with E-state index in [0.717, 1.165) is 11.3 Å². The lowest BCUT2D eigenvalue weighted by atomic mass is 10.2. The summed E-state index contributed by atoms with van der Waals surface area (Å²) in [6.07, 6.45) is -3.70. The van der Waals surface area contributed by atoms with E-state index in [-0.39, 0.29) is 6.61 Å². The molecular formula is C13H18F3NO2. The van der Waals surface area contributed by atoms with Gasteiger partial charge in [-0.25, -0.2) is 0 Å². The van der Waals surface area contributed by atoms with Gasteiger partial charge in [0.2, 0.25) is 0 Å². The van der Waals surface area contributed by atoms with Gasteiger partial charge >= 0.3 is 6.18 Å². The number of hydrogen-bond donors (Lipinski definition) is 1. The fraction of sp³-hybridized carbons (Fsp3) is 0.538. The third-order valence-electron chi connectivity index (χ3n) is 2.37. The van der Waals surface area contributed by atoms with Crippen molar-refractivity contribution in [2.75, 3.05) is 26.9 Å². The summed E-state index contributed by atoms with van der Waals surface area (Å²) in [5.74, 6) is 0.785. The first-order valence-corrected chi connectivity index (χ1v) is 5.99. The van der Waals surface area contributed by atoms with Crippen LogP contribution in [0.25, 0.3) is 0 Å². The third-order valence-corrected chi connectivity index (χ3v) is 2.37. The van der Waals surface area contributed by atoms with Gasteiger partial charge in [-0.15, -0.1) is 0 Å². The Morgan fingerprint density at radius 2 is 2.05 bits per heavy atom. The van der Waals surface area contributed by atoms with Gasteiger partial charge in [-0.2, -0.15) is 13.2 Å². The number of methoxy groups -OCH3 is 1. The van der Waals surface area contributed by atoms with Gasteiger partial charge in [-0.1, -0.05) is 12.1 Å². The van der Waals surface area contributed by atoms with Crippen molar-refractivity contribution in [2.24, 2.45) is 0 Å². The van der Waals surface area contributed by atoms with E-state index in [9.17, 15) is 13.2 Å². The number of nitrogens with one attached hydrogen (secondary N) is 1. The third kappa shape index (κ3) is 7.69. The molecule has 0 aliphatic rings. The molecule has 0 atom stereocenters. The Balaban J connectivity index is 2.07. The van der Waals surface area contributed by atoms with Crippen LogP contribution < -0.4 is 10.1 Å². The van der Waals surface area contributed by atoms with E-state index in [1.54, 1.807) is 7.11 Å². The summed E-state index contributed by atoms with van der Waals surface area (Å²) >= 11 is 0. The topological polar surface area (TPSA) is 30.5 Å². The van der Waals surface area contributed by atoms with E-state index in [2.05, 4.69) is 10.1 Å². The predicted octanol–water partition coefficient (Wildman–Crippen LogP) is 2.75. The van der Waals surface area contributed by atoms with E-state index >= 15 is 0 Å². The Labute approximate surface area is 110 Å². The zero-order valence-electron chi connectivity index (χ0n) is 10.8. The lowest BCUT2D eigenvalue weighted by Gasteiger charge is -2.08. The molecule has 1 aromatic rings. The van der Waals surface area contributed by atoms with Gasteiger partial charge in [0.1, 0.15) is 12.4 Å². The van der Waals surface area contributed by atoms with Crippen molar-refractivity contribution in [1.29, 1.82) is 0 Å². The van der Waals surface area contributed by atoms with E-state index in [1.165, 1.54) is 0 Å². The van der Waals surface area contributed by atoms with Gasteiger partial charge < -0.3 is 14.8 Å². The van der Waals surface area contributed by atoms with Crippen LogP contribution >= 0.6 is 0 Å². The van der Waals surface area contributed by atoms with E-state index < -0.39 is 12.8 Å². The molecule has 0 heterocycles. The van der Waals surface area contributed by atoms with Gasteiger partial charge in [0.15, 0.2) is 0 Å². The molecule has 1 rings (SSSR count). The quantitative estimate of drug-likeness (QED) is 0.741. The highest BCUT2D eigenvalue weighted by Crippen LogP contribution is 2.14. The zero-order chi connectivity index (χ0) is 14.1. The number of benzene rings is 1. The van der Waals surface area contributed by atoms with Gasteiger partial charge in [0.25, 0.3) is 0 Å². The highest BCUT2D eigenvalue weighted by molar-refractivity contribution is 5.28. The summed E-state index contributed by atoms with van der Waals surface area (Å²) in [6.45, 7) is 0.180. The minimum atomic E-state index is -4.24. The molecule has 19 heavy (non-hydrogen) atoms. The van der Waals surface area contributed by atoms with E-state index in [1.807, 2.05) is 24.3 Å². The molecule has 0 amide bonds. The Hall–Kier alpha value is -1.27. The predicted molar refractivity (Wildman–Crippen MR) is 66.2 cm³/mol. The number of hydrogen-bond acceptors (Lipinski definition) is 3. The Morgan fingerprint density at radius 1 is 1.26 bits per heavy atom. The molecule has 1 N–H and O–H groups in total. The zero-order valence-corrected chi connectivity index (χ0v) is 10.8. The fourth-order valence-electron chi connectivity index (χ4n) is 1.50. The summed E-state index contributed by atoms with van der Waals surface area (Å²) < 4.78 is 44.9. The standard InChI is InChI=1S/C13H18F3NO2/c1-18-12-5-2-4-11(8-12)9-17-6-3-7-19-10-13(14,15)16/h2,4-5,8,17H,3,6-7,9-10H2,1H3. The minimum absolute atomic E-state index is 0.102. The first kappa shape index (κ1) is 15.8. The molecule has 0 saturated heterocycles. The Morgan fingerprint density at radius 3 is 2.74 bits per heavy atom.